The van der Waals surface area contributed by atoms with Crippen LogP contribution in [0.4, 0.5) is 5.69 Å². The van der Waals surface area contributed by atoms with Crippen molar-refractivity contribution >= 4 is 33.8 Å². The van der Waals surface area contributed by atoms with E-state index in [1.807, 2.05) is 18.8 Å². The third kappa shape index (κ3) is 4.90. The van der Waals surface area contributed by atoms with E-state index in [9.17, 15) is 19.7 Å². The highest BCUT2D eigenvalue weighted by atomic mass is 79.9. The van der Waals surface area contributed by atoms with Gasteiger partial charge in [0, 0.05) is 0 Å². The van der Waals surface area contributed by atoms with Gasteiger partial charge < -0.3 is 9.72 Å². The number of nitrogens with zero attached hydrogens (tertiary/aromatic N) is 1. The number of aromatic nitrogens is 2. The Morgan fingerprint density at radius 2 is 2.00 bits per heavy atom. The number of halogens is 1. The van der Waals surface area contributed by atoms with Gasteiger partial charge in [-0.3, -0.25) is 19.9 Å². The molecule has 0 saturated carbocycles. The molecule has 2 rings (SSSR count). The van der Waals surface area contributed by atoms with Crippen molar-refractivity contribution in [1.82, 2.24) is 9.97 Å². The molecule has 0 aliphatic carbocycles. The van der Waals surface area contributed by atoms with E-state index in [0.717, 1.165) is 4.47 Å². The van der Waals surface area contributed by atoms with Crippen molar-refractivity contribution < 1.29 is 9.66 Å². The van der Waals surface area contributed by atoms with Gasteiger partial charge in [0.15, 0.2) is 0 Å². The van der Waals surface area contributed by atoms with E-state index in [-0.39, 0.29) is 5.69 Å². The van der Waals surface area contributed by atoms with Crippen LogP contribution in [0.15, 0.2) is 32.3 Å². The minimum atomic E-state index is -1.05. The number of benzene rings is 1. The van der Waals surface area contributed by atoms with E-state index in [4.69, 9.17) is 4.74 Å². The summed E-state index contributed by atoms with van der Waals surface area (Å²) < 4.78 is 6.37. The second-order valence-electron chi connectivity index (χ2n) is 5.66. The largest absolute Gasteiger partial charge is 0.492 e. The number of nitrogens with one attached hydrogen (secondary N) is 2. The zero-order chi connectivity index (χ0) is 18.6. The Kier molecular flexibility index (Phi) is 5.92. The molecule has 0 aliphatic heterocycles. The van der Waals surface area contributed by atoms with Crippen LogP contribution in [0.2, 0.25) is 0 Å². The lowest BCUT2D eigenvalue weighted by molar-refractivity contribution is -0.386. The fourth-order valence-electron chi connectivity index (χ4n) is 1.97. The number of H-pyrrole nitrogens is 2. The third-order valence-electron chi connectivity index (χ3n) is 3.10. The Bertz CT molecular complexity index is 930. The van der Waals surface area contributed by atoms with E-state index in [0.29, 0.717) is 23.8 Å². The molecule has 9 heteroatoms. The predicted octanol–water partition coefficient (Wildman–Crippen LogP) is 2.94. The lowest BCUT2D eigenvalue weighted by Crippen LogP contribution is -2.25. The summed E-state index contributed by atoms with van der Waals surface area (Å²) in [5.74, 6) is 1.07. The SMILES string of the molecule is CC(C)COc1ccc(/C=C/c2[nH]c(=O)[nH]c(=O)c2[N+](=O)[O-])cc1Br. The number of rotatable bonds is 6. The molecule has 1 aromatic carbocycles. The maximum atomic E-state index is 11.6. The van der Waals surface area contributed by atoms with Gasteiger partial charge in [-0.1, -0.05) is 26.0 Å². The summed E-state index contributed by atoms with van der Waals surface area (Å²) in [6.45, 7) is 4.66. The molecule has 0 bridgehead atoms. The van der Waals surface area contributed by atoms with Crippen LogP contribution >= 0.6 is 15.9 Å². The van der Waals surface area contributed by atoms with Gasteiger partial charge in [0.25, 0.3) is 0 Å². The van der Waals surface area contributed by atoms with Crippen LogP contribution in [0.25, 0.3) is 12.2 Å². The Morgan fingerprint density at radius 3 is 2.60 bits per heavy atom. The first-order chi connectivity index (χ1) is 11.8. The van der Waals surface area contributed by atoms with Crippen LogP contribution in [-0.2, 0) is 0 Å². The summed E-state index contributed by atoms with van der Waals surface area (Å²) in [6.07, 6.45) is 2.86. The molecule has 1 aromatic heterocycles. The zero-order valence-electron chi connectivity index (χ0n) is 13.5. The first kappa shape index (κ1) is 18.7. The Labute approximate surface area is 150 Å². The number of nitro groups is 1. The monoisotopic (exact) mass is 409 g/mol. The first-order valence-corrected chi connectivity index (χ1v) is 8.18. The lowest BCUT2D eigenvalue weighted by atomic mass is 10.2. The zero-order valence-corrected chi connectivity index (χ0v) is 15.1. The molecule has 25 heavy (non-hydrogen) atoms. The first-order valence-electron chi connectivity index (χ1n) is 7.39. The fourth-order valence-corrected chi connectivity index (χ4v) is 2.48. The van der Waals surface area contributed by atoms with Gasteiger partial charge in [-0.05, 0) is 45.6 Å². The predicted molar refractivity (Wildman–Crippen MR) is 97.7 cm³/mol. The van der Waals surface area contributed by atoms with E-state index >= 15 is 0 Å². The summed E-state index contributed by atoms with van der Waals surface area (Å²) in [7, 11) is 0. The highest BCUT2D eigenvalue weighted by Gasteiger charge is 2.18. The Morgan fingerprint density at radius 1 is 1.28 bits per heavy atom. The highest BCUT2D eigenvalue weighted by Crippen LogP contribution is 2.27. The number of aromatic amines is 2. The van der Waals surface area contributed by atoms with Gasteiger partial charge in [-0.2, -0.15) is 0 Å². The van der Waals surface area contributed by atoms with Gasteiger partial charge in [0.05, 0.1) is 16.0 Å². The van der Waals surface area contributed by atoms with E-state index in [2.05, 4.69) is 20.9 Å². The highest BCUT2D eigenvalue weighted by molar-refractivity contribution is 9.10. The van der Waals surface area contributed by atoms with Gasteiger partial charge in [0.1, 0.15) is 11.4 Å². The van der Waals surface area contributed by atoms with Gasteiger partial charge in [-0.25, -0.2) is 4.79 Å². The molecule has 0 radical (unpaired) electrons. The average Bonchev–Trinajstić information content (AvgIpc) is 2.50. The van der Waals surface area contributed by atoms with Crippen molar-refractivity contribution in [2.24, 2.45) is 5.92 Å². The number of ether oxygens (including phenoxy) is 1. The molecule has 0 unspecified atom stereocenters. The van der Waals surface area contributed by atoms with Crippen molar-refractivity contribution in [3.63, 3.8) is 0 Å². The molecule has 0 saturated heterocycles. The number of hydrogen-bond donors (Lipinski definition) is 2. The summed E-state index contributed by atoms with van der Waals surface area (Å²) in [5.41, 5.74) is -2.04. The van der Waals surface area contributed by atoms with Crippen molar-refractivity contribution in [3.05, 3.63) is 64.9 Å². The molecule has 1 heterocycles. The maximum absolute atomic E-state index is 11.6. The molecule has 8 nitrogen and oxygen atoms in total. The van der Waals surface area contributed by atoms with Crippen molar-refractivity contribution in [2.45, 2.75) is 13.8 Å². The normalized spacial score (nSPS) is 11.2. The lowest BCUT2D eigenvalue weighted by Gasteiger charge is -2.10. The quantitative estimate of drug-likeness (QED) is 0.561. The van der Waals surface area contributed by atoms with Crippen molar-refractivity contribution in [3.8, 4) is 5.75 Å². The standard InChI is InChI=1S/C16H16BrN3O5/c1-9(2)8-25-13-6-4-10(7-11(13)17)3-5-12-14(20(23)24)15(21)19-16(22)18-12/h3-7,9H,8H2,1-2H3,(H2,18,19,21,22)/b5-3+. The summed E-state index contributed by atoms with van der Waals surface area (Å²) in [6, 6.07) is 5.29. The van der Waals surface area contributed by atoms with Crippen molar-refractivity contribution in [1.29, 1.82) is 0 Å². The molecule has 2 N–H and O–H groups in total. The topological polar surface area (TPSA) is 118 Å². The summed E-state index contributed by atoms with van der Waals surface area (Å²) in [5, 5.41) is 11.0. The minimum Gasteiger partial charge on any atom is -0.492 e. The molecule has 2 aromatic rings. The average molecular weight is 410 g/mol. The van der Waals surface area contributed by atoms with Gasteiger partial charge in [0.2, 0.25) is 0 Å². The van der Waals surface area contributed by atoms with Crippen LogP contribution in [0.5, 0.6) is 5.75 Å². The third-order valence-corrected chi connectivity index (χ3v) is 3.72. The molecule has 0 fully saturated rings. The van der Waals surface area contributed by atoms with Crippen molar-refractivity contribution in [2.75, 3.05) is 6.61 Å². The Hall–Kier alpha value is -2.68. The smallest absolute Gasteiger partial charge is 0.357 e. The van der Waals surface area contributed by atoms with Crippen LogP contribution in [0.1, 0.15) is 25.1 Å². The Balaban J connectivity index is 2.31. The number of hydrogen-bond acceptors (Lipinski definition) is 5. The maximum Gasteiger partial charge on any atom is 0.357 e. The van der Waals surface area contributed by atoms with Crippen LogP contribution < -0.4 is 16.0 Å². The van der Waals surface area contributed by atoms with E-state index in [1.54, 1.807) is 24.3 Å². The summed E-state index contributed by atoms with van der Waals surface area (Å²) in [4.78, 5) is 37.1. The molecule has 0 amide bonds. The molecule has 0 spiro atoms. The molecular formula is C16H16BrN3O5. The molecule has 132 valence electrons. The minimum absolute atomic E-state index is 0.171. The molecular weight excluding hydrogens is 394 g/mol. The van der Waals surface area contributed by atoms with E-state index < -0.39 is 21.9 Å². The summed E-state index contributed by atoms with van der Waals surface area (Å²) >= 11 is 3.40. The van der Waals surface area contributed by atoms with Crippen LogP contribution in [0.3, 0.4) is 0 Å². The second kappa shape index (κ2) is 7.93. The molecule has 0 atom stereocenters. The van der Waals surface area contributed by atoms with Crippen LogP contribution in [-0.4, -0.2) is 21.5 Å². The van der Waals surface area contributed by atoms with Crippen LogP contribution in [0, 0.1) is 16.0 Å². The second-order valence-corrected chi connectivity index (χ2v) is 6.51. The van der Waals surface area contributed by atoms with E-state index in [1.165, 1.54) is 6.08 Å². The molecule has 0 aliphatic rings. The van der Waals surface area contributed by atoms with Gasteiger partial charge in [-0.15, -0.1) is 0 Å². The van der Waals surface area contributed by atoms with Gasteiger partial charge >= 0.3 is 16.9 Å². The fraction of sp³-hybridized carbons (Fsp3) is 0.250.